The summed E-state index contributed by atoms with van der Waals surface area (Å²) >= 11 is 0. The van der Waals surface area contributed by atoms with E-state index in [0.717, 1.165) is 27.3 Å². The van der Waals surface area contributed by atoms with Crippen LogP contribution in [0.3, 0.4) is 0 Å². The predicted molar refractivity (Wildman–Crippen MR) is 138 cm³/mol. The van der Waals surface area contributed by atoms with Gasteiger partial charge in [-0.05, 0) is 62.2 Å². The molecule has 3 aromatic carbocycles. The van der Waals surface area contributed by atoms with Crippen molar-refractivity contribution in [2.45, 2.75) is 26.9 Å². The molecule has 0 fully saturated rings. The molecule has 0 saturated carbocycles. The zero-order valence-electron chi connectivity index (χ0n) is 20.7. The minimum Gasteiger partial charge on any atom is -0.487 e. The number of carbonyl (C=O) groups excluding carboxylic acids is 1. The van der Waals surface area contributed by atoms with Crippen molar-refractivity contribution in [3.8, 4) is 23.0 Å². The van der Waals surface area contributed by atoms with Crippen molar-refractivity contribution >= 4 is 12.1 Å². The van der Waals surface area contributed by atoms with Crippen LogP contribution in [-0.2, 0) is 17.8 Å². The van der Waals surface area contributed by atoms with Crippen LogP contribution in [-0.4, -0.2) is 40.1 Å². The van der Waals surface area contributed by atoms with Crippen molar-refractivity contribution < 1.29 is 28.6 Å². The summed E-state index contributed by atoms with van der Waals surface area (Å²) in [4.78, 5) is 29.4. The molecule has 1 N–H and O–H groups in total. The number of nitrogens with zero attached hydrogens (tertiary/aromatic N) is 2. The summed E-state index contributed by atoms with van der Waals surface area (Å²) in [6.45, 7) is 3.84. The Balaban J connectivity index is 1.27. The summed E-state index contributed by atoms with van der Waals surface area (Å²) < 4.78 is 16.9. The number of oxazole rings is 1. The Morgan fingerprint density at radius 1 is 0.919 bits per heavy atom. The first kappa shape index (κ1) is 25.5. The Morgan fingerprint density at radius 2 is 1.59 bits per heavy atom. The van der Waals surface area contributed by atoms with E-state index in [4.69, 9.17) is 13.9 Å². The minimum absolute atomic E-state index is 0.152. The van der Waals surface area contributed by atoms with Gasteiger partial charge in [-0.3, -0.25) is 4.90 Å². The van der Waals surface area contributed by atoms with Gasteiger partial charge >= 0.3 is 12.1 Å². The third-order valence-electron chi connectivity index (χ3n) is 5.73. The van der Waals surface area contributed by atoms with E-state index in [1.165, 1.54) is 0 Å². The van der Waals surface area contributed by atoms with Gasteiger partial charge in [-0.2, -0.15) is 0 Å². The lowest BCUT2D eigenvalue weighted by molar-refractivity contribution is -0.135. The molecule has 37 heavy (non-hydrogen) atoms. The summed E-state index contributed by atoms with van der Waals surface area (Å²) in [5, 5.41) is 9.51. The van der Waals surface area contributed by atoms with Gasteiger partial charge in [-0.1, -0.05) is 48.0 Å². The van der Waals surface area contributed by atoms with Gasteiger partial charge in [0.05, 0.1) is 0 Å². The summed E-state index contributed by atoms with van der Waals surface area (Å²) in [6.07, 6.45) is -0.744. The first-order valence-corrected chi connectivity index (χ1v) is 11.9. The summed E-state index contributed by atoms with van der Waals surface area (Å²) in [6, 6.07) is 24.0. The molecule has 0 atom stereocenters. The van der Waals surface area contributed by atoms with Gasteiger partial charge in [0.2, 0.25) is 5.89 Å². The molecule has 0 spiro atoms. The van der Waals surface area contributed by atoms with E-state index >= 15 is 0 Å². The molecule has 1 heterocycles. The number of aromatic nitrogens is 1. The summed E-state index contributed by atoms with van der Waals surface area (Å²) in [7, 11) is 0. The van der Waals surface area contributed by atoms with Crippen molar-refractivity contribution in [3.63, 3.8) is 0 Å². The second-order valence-corrected chi connectivity index (χ2v) is 8.56. The van der Waals surface area contributed by atoms with E-state index in [2.05, 4.69) is 4.98 Å². The first-order chi connectivity index (χ1) is 17.9. The standard InChI is InChI=1S/C29H28N2O6/c1-20-8-12-25(13-9-20)37-27(32)18-31(29(33)34)17-16-22-10-14-24(15-11-22)35-19-26-21(2)36-28(30-26)23-6-4-3-5-7-23/h3-15H,16-19H2,1-2H3,(H,33,34). The number of rotatable bonds is 10. The predicted octanol–water partition coefficient (Wildman–Crippen LogP) is 5.67. The Bertz CT molecular complexity index is 1330. The maximum atomic E-state index is 12.2. The Hall–Kier alpha value is -4.59. The maximum absolute atomic E-state index is 12.2. The van der Waals surface area contributed by atoms with E-state index in [-0.39, 0.29) is 19.7 Å². The number of carboxylic acid groups (broad SMARTS) is 1. The lowest BCUT2D eigenvalue weighted by atomic mass is 10.1. The maximum Gasteiger partial charge on any atom is 0.407 e. The highest BCUT2D eigenvalue weighted by atomic mass is 16.5. The average Bonchev–Trinajstić information content (AvgIpc) is 3.28. The summed E-state index contributed by atoms with van der Waals surface area (Å²) in [5.41, 5.74) is 3.57. The van der Waals surface area contributed by atoms with E-state index in [1.54, 1.807) is 12.1 Å². The fourth-order valence-electron chi connectivity index (χ4n) is 3.60. The van der Waals surface area contributed by atoms with Crippen LogP contribution in [0.4, 0.5) is 4.79 Å². The van der Waals surface area contributed by atoms with Gasteiger partial charge in [-0.25, -0.2) is 14.6 Å². The van der Waals surface area contributed by atoms with Crippen molar-refractivity contribution in [2.75, 3.05) is 13.1 Å². The lowest BCUT2D eigenvalue weighted by Crippen LogP contribution is -2.37. The van der Waals surface area contributed by atoms with E-state index in [0.29, 0.717) is 29.6 Å². The Kier molecular flexibility index (Phi) is 8.20. The van der Waals surface area contributed by atoms with Gasteiger partial charge in [-0.15, -0.1) is 0 Å². The van der Waals surface area contributed by atoms with Crippen molar-refractivity contribution in [2.24, 2.45) is 0 Å². The number of benzene rings is 3. The number of hydrogen-bond acceptors (Lipinski definition) is 6. The van der Waals surface area contributed by atoms with Crippen LogP contribution in [0.2, 0.25) is 0 Å². The molecule has 0 aliphatic carbocycles. The van der Waals surface area contributed by atoms with Crippen molar-refractivity contribution in [3.05, 3.63) is 101 Å². The van der Waals surface area contributed by atoms with Crippen LogP contribution in [0.1, 0.15) is 22.6 Å². The van der Waals surface area contributed by atoms with Crippen LogP contribution < -0.4 is 9.47 Å². The van der Waals surface area contributed by atoms with Crippen LogP contribution in [0.25, 0.3) is 11.5 Å². The molecule has 0 radical (unpaired) electrons. The fraction of sp³-hybridized carbons (Fsp3) is 0.207. The molecule has 4 rings (SSSR count). The number of ether oxygens (including phenoxy) is 2. The van der Waals surface area contributed by atoms with Crippen LogP contribution >= 0.6 is 0 Å². The SMILES string of the molecule is Cc1ccc(OC(=O)CN(CCc2ccc(OCc3nc(-c4ccccc4)oc3C)cc2)C(=O)O)cc1. The topological polar surface area (TPSA) is 102 Å². The average molecular weight is 501 g/mol. The number of carbonyl (C=O) groups is 2. The zero-order chi connectivity index (χ0) is 26.2. The molecule has 8 heteroatoms. The van der Waals surface area contributed by atoms with Gasteiger partial charge < -0.3 is 19.0 Å². The smallest absolute Gasteiger partial charge is 0.407 e. The molecular weight excluding hydrogens is 472 g/mol. The quantitative estimate of drug-likeness (QED) is 0.221. The molecule has 0 saturated heterocycles. The van der Waals surface area contributed by atoms with Crippen molar-refractivity contribution in [1.29, 1.82) is 0 Å². The van der Waals surface area contributed by atoms with Gasteiger partial charge in [0.25, 0.3) is 0 Å². The van der Waals surface area contributed by atoms with Crippen molar-refractivity contribution in [1.82, 2.24) is 9.88 Å². The lowest BCUT2D eigenvalue weighted by Gasteiger charge is -2.18. The largest absolute Gasteiger partial charge is 0.487 e. The number of aryl methyl sites for hydroxylation is 2. The van der Waals surface area contributed by atoms with Gasteiger partial charge in [0, 0.05) is 12.1 Å². The van der Waals surface area contributed by atoms with Gasteiger partial charge in [0.15, 0.2) is 0 Å². The number of hydrogen-bond donors (Lipinski definition) is 1. The monoisotopic (exact) mass is 500 g/mol. The van der Waals surface area contributed by atoms with Crippen LogP contribution in [0, 0.1) is 13.8 Å². The second-order valence-electron chi connectivity index (χ2n) is 8.56. The highest BCUT2D eigenvalue weighted by Crippen LogP contribution is 2.23. The molecule has 0 bridgehead atoms. The highest BCUT2D eigenvalue weighted by molar-refractivity contribution is 5.79. The third-order valence-corrected chi connectivity index (χ3v) is 5.73. The third kappa shape index (κ3) is 7.20. The van der Waals surface area contributed by atoms with E-state index < -0.39 is 12.1 Å². The molecular formula is C29H28N2O6. The zero-order valence-corrected chi connectivity index (χ0v) is 20.7. The summed E-state index contributed by atoms with van der Waals surface area (Å²) in [5.74, 6) is 1.66. The molecule has 1 aromatic heterocycles. The Labute approximate surface area is 215 Å². The number of esters is 1. The van der Waals surface area contributed by atoms with Crippen LogP contribution in [0.5, 0.6) is 11.5 Å². The van der Waals surface area contributed by atoms with E-state index in [1.807, 2.05) is 80.6 Å². The molecule has 8 nitrogen and oxygen atoms in total. The molecule has 0 unspecified atom stereocenters. The minimum atomic E-state index is -1.18. The van der Waals surface area contributed by atoms with Gasteiger partial charge in [0.1, 0.15) is 36.1 Å². The second kappa shape index (κ2) is 11.9. The molecule has 4 aromatic rings. The Morgan fingerprint density at radius 3 is 2.27 bits per heavy atom. The van der Waals surface area contributed by atoms with E-state index in [9.17, 15) is 14.7 Å². The first-order valence-electron chi connectivity index (χ1n) is 11.9. The molecule has 0 aliphatic heterocycles. The molecule has 0 aliphatic rings. The molecule has 1 amide bonds. The normalized spacial score (nSPS) is 10.6. The molecule has 190 valence electrons. The number of amides is 1. The fourth-order valence-corrected chi connectivity index (χ4v) is 3.60. The van der Waals surface area contributed by atoms with Crippen LogP contribution in [0.15, 0.2) is 83.3 Å². The highest BCUT2D eigenvalue weighted by Gasteiger charge is 2.18.